The van der Waals surface area contributed by atoms with Crippen molar-refractivity contribution in [1.29, 1.82) is 0 Å². The summed E-state index contributed by atoms with van der Waals surface area (Å²) in [6.07, 6.45) is 3.02. The molecule has 0 unspecified atom stereocenters. The van der Waals surface area contributed by atoms with E-state index in [1.807, 2.05) is 6.92 Å². The fourth-order valence-corrected chi connectivity index (χ4v) is 1.68. The first-order chi connectivity index (χ1) is 9.10. The SMILES string of the molecule is C=C(CC)COc1c(F)cc(CNC2CC2)cc1F. The van der Waals surface area contributed by atoms with Crippen LogP contribution in [0.25, 0.3) is 0 Å². The molecule has 1 aromatic rings. The molecule has 2 nitrogen and oxygen atoms in total. The van der Waals surface area contributed by atoms with E-state index in [1.165, 1.54) is 12.1 Å². The van der Waals surface area contributed by atoms with Crippen LogP contribution < -0.4 is 10.1 Å². The van der Waals surface area contributed by atoms with Crippen molar-refractivity contribution in [3.8, 4) is 5.75 Å². The maximum atomic E-state index is 13.8. The standard InChI is InChI=1S/C15H19F2NO/c1-3-10(2)9-19-15-13(16)6-11(7-14(15)17)8-18-12-4-5-12/h6-7,12,18H,2-5,8-9H2,1H3. The van der Waals surface area contributed by atoms with Crippen LogP contribution in [0.15, 0.2) is 24.3 Å². The van der Waals surface area contributed by atoms with Gasteiger partial charge in [0.2, 0.25) is 0 Å². The number of nitrogens with one attached hydrogen (secondary N) is 1. The Hall–Kier alpha value is -1.42. The topological polar surface area (TPSA) is 21.3 Å². The molecule has 1 fully saturated rings. The van der Waals surface area contributed by atoms with Crippen LogP contribution in [0.4, 0.5) is 8.78 Å². The summed E-state index contributed by atoms with van der Waals surface area (Å²) >= 11 is 0. The summed E-state index contributed by atoms with van der Waals surface area (Å²) in [4.78, 5) is 0. The van der Waals surface area contributed by atoms with E-state index in [1.54, 1.807) is 0 Å². The summed E-state index contributed by atoms with van der Waals surface area (Å²) in [6, 6.07) is 3.15. The highest BCUT2D eigenvalue weighted by Crippen LogP contribution is 2.25. The van der Waals surface area contributed by atoms with Gasteiger partial charge in [-0.25, -0.2) is 8.78 Å². The van der Waals surface area contributed by atoms with Gasteiger partial charge in [0.15, 0.2) is 17.4 Å². The van der Waals surface area contributed by atoms with Gasteiger partial charge in [-0.2, -0.15) is 0 Å². The summed E-state index contributed by atoms with van der Waals surface area (Å²) < 4.78 is 32.7. The van der Waals surface area contributed by atoms with Crippen LogP contribution >= 0.6 is 0 Å². The second-order valence-corrected chi connectivity index (χ2v) is 4.94. The maximum Gasteiger partial charge on any atom is 0.191 e. The van der Waals surface area contributed by atoms with Gasteiger partial charge in [0.25, 0.3) is 0 Å². The monoisotopic (exact) mass is 267 g/mol. The van der Waals surface area contributed by atoms with Crippen molar-refractivity contribution in [3.05, 3.63) is 41.5 Å². The molecule has 0 saturated heterocycles. The first-order valence-corrected chi connectivity index (χ1v) is 6.61. The van der Waals surface area contributed by atoms with Crippen LogP contribution in [0, 0.1) is 11.6 Å². The minimum Gasteiger partial charge on any atom is -0.483 e. The van der Waals surface area contributed by atoms with Gasteiger partial charge >= 0.3 is 0 Å². The van der Waals surface area contributed by atoms with E-state index < -0.39 is 11.6 Å². The summed E-state index contributed by atoms with van der Waals surface area (Å²) in [5.41, 5.74) is 1.40. The molecule has 2 rings (SSSR count). The lowest BCUT2D eigenvalue weighted by molar-refractivity contribution is 0.309. The minimum atomic E-state index is -0.656. The Balaban J connectivity index is 2.00. The average Bonchev–Trinajstić information content (AvgIpc) is 3.19. The summed E-state index contributed by atoms with van der Waals surface area (Å²) in [7, 11) is 0. The highest BCUT2D eigenvalue weighted by atomic mass is 19.1. The second-order valence-electron chi connectivity index (χ2n) is 4.94. The van der Waals surface area contributed by atoms with Gasteiger partial charge in [-0.3, -0.25) is 0 Å². The second kappa shape index (κ2) is 6.15. The van der Waals surface area contributed by atoms with Gasteiger partial charge in [0.1, 0.15) is 6.61 Å². The van der Waals surface area contributed by atoms with Crippen LogP contribution in [-0.4, -0.2) is 12.6 Å². The van der Waals surface area contributed by atoms with Crippen molar-refractivity contribution < 1.29 is 13.5 Å². The quantitative estimate of drug-likeness (QED) is 0.763. The van der Waals surface area contributed by atoms with Crippen molar-refractivity contribution in [2.24, 2.45) is 0 Å². The molecule has 0 atom stereocenters. The van der Waals surface area contributed by atoms with Gasteiger partial charge < -0.3 is 10.1 Å². The van der Waals surface area contributed by atoms with Gasteiger partial charge in [0, 0.05) is 12.6 Å². The molecule has 0 amide bonds. The first kappa shape index (κ1) is 14.0. The van der Waals surface area contributed by atoms with Gasteiger partial charge in [0.05, 0.1) is 0 Å². The molecule has 0 aromatic heterocycles. The molecule has 0 aliphatic heterocycles. The smallest absolute Gasteiger partial charge is 0.191 e. The number of rotatable bonds is 7. The number of halogens is 2. The van der Waals surface area contributed by atoms with Gasteiger partial charge in [-0.15, -0.1) is 0 Å². The van der Waals surface area contributed by atoms with Crippen molar-refractivity contribution in [2.45, 2.75) is 38.8 Å². The molecular weight excluding hydrogens is 248 g/mol. The Kier molecular flexibility index (Phi) is 4.53. The maximum absolute atomic E-state index is 13.8. The summed E-state index contributed by atoms with van der Waals surface area (Å²) in [5, 5.41) is 3.22. The normalized spacial score (nSPS) is 14.5. The third-order valence-electron chi connectivity index (χ3n) is 3.15. The zero-order valence-corrected chi connectivity index (χ0v) is 11.1. The largest absolute Gasteiger partial charge is 0.483 e. The van der Waals surface area contributed by atoms with Crippen LogP contribution in [0.3, 0.4) is 0 Å². The molecule has 0 spiro atoms. The fraction of sp³-hybridized carbons (Fsp3) is 0.467. The van der Waals surface area contributed by atoms with Crippen LogP contribution in [0.5, 0.6) is 5.75 Å². The van der Waals surface area contributed by atoms with Crippen molar-refractivity contribution in [1.82, 2.24) is 5.32 Å². The molecule has 1 aliphatic carbocycles. The Bertz CT molecular complexity index is 446. The molecule has 1 aromatic carbocycles. The van der Waals surface area contributed by atoms with Crippen LogP contribution in [-0.2, 0) is 6.54 Å². The number of hydrogen-bond donors (Lipinski definition) is 1. The average molecular weight is 267 g/mol. The minimum absolute atomic E-state index is 0.143. The lowest BCUT2D eigenvalue weighted by Gasteiger charge is -2.11. The molecular formula is C15H19F2NO. The molecule has 19 heavy (non-hydrogen) atoms. The van der Waals surface area contributed by atoms with E-state index in [4.69, 9.17) is 4.74 Å². The fourth-order valence-electron chi connectivity index (χ4n) is 1.68. The van der Waals surface area contributed by atoms with Gasteiger partial charge in [-0.05, 0) is 42.5 Å². The molecule has 104 valence electrons. The van der Waals surface area contributed by atoms with Gasteiger partial charge in [-0.1, -0.05) is 13.5 Å². The van der Waals surface area contributed by atoms with Crippen molar-refractivity contribution in [3.63, 3.8) is 0 Å². The predicted octanol–water partition coefficient (Wildman–Crippen LogP) is 3.56. The van der Waals surface area contributed by atoms with E-state index in [2.05, 4.69) is 11.9 Å². The Morgan fingerprint density at radius 1 is 1.37 bits per heavy atom. The predicted molar refractivity (Wildman–Crippen MR) is 71.1 cm³/mol. The number of ether oxygens (including phenoxy) is 1. The van der Waals surface area contributed by atoms with Crippen molar-refractivity contribution >= 4 is 0 Å². The van der Waals surface area contributed by atoms with Crippen LogP contribution in [0.2, 0.25) is 0 Å². The first-order valence-electron chi connectivity index (χ1n) is 6.61. The molecule has 4 heteroatoms. The molecule has 0 radical (unpaired) electrons. The van der Waals surface area contributed by atoms with Crippen LogP contribution in [0.1, 0.15) is 31.7 Å². The number of hydrogen-bond acceptors (Lipinski definition) is 2. The lowest BCUT2D eigenvalue weighted by atomic mass is 10.2. The zero-order chi connectivity index (χ0) is 13.8. The van der Waals surface area contributed by atoms with E-state index in [0.29, 0.717) is 18.2 Å². The molecule has 0 bridgehead atoms. The van der Waals surface area contributed by atoms with E-state index in [0.717, 1.165) is 24.8 Å². The molecule has 1 aliphatic rings. The summed E-state index contributed by atoms with van der Waals surface area (Å²) in [5.74, 6) is -1.63. The molecule has 1 saturated carbocycles. The highest BCUT2D eigenvalue weighted by molar-refractivity contribution is 5.31. The van der Waals surface area contributed by atoms with E-state index in [9.17, 15) is 8.78 Å². The highest BCUT2D eigenvalue weighted by Gasteiger charge is 2.20. The lowest BCUT2D eigenvalue weighted by Crippen LogP contribution is -2.15. The molecule has 1 N–H and O–H groups in total. The number of benzene rings is 1. The van der Waals surface area contributed by atoms with E-state index in [-0.39, 0.29) is 12.4 Å². The Labute approximate surface area is 112 Å². The Morgan fingerprint density at radius 2 is 2.00 bits per heavy atom. The third-order valence-corrected chi connectivity index (χ3v) is 3.15. The summed E-state index contributed by atoms with van der Waals surface area (Å²) in [6.45, 7) is 6.29. The zero-order valence-electron chi connectivity index (χ0n) is 11.1. The third kappa shape index (κ3) is 4.03. The Morgan fingerprint density at radius 3 is 2.53 bits per heavy atom. The van der Waals surface area contributed by atoms with Crippen molar-refractivity contribution in [2.75, 3.05) is 6.61 Å². The van der Waals surface area contributed by atoms with E-state index >= 15 is 0 Å². The molecule has 0 heterocycles.